The molecular weight excluding hydrogens is 444 g/mol. The largest absolute Gasteiger partial charge is 0.353 e. The van der Waals surface area contributed by atoms with E-state index in [9.17, 15) is 18.5 Å². The van der Waals surface area contributed by atoms with E-state index in [2.05, 4.69) is 15.3 Å². The van der Waals surface area contributed by atoms with Crippen LogP contribution in [0.4, 0.5) is 23.0 Å². The molecule has 3 aromatic rings. The maximum Gasteiger partial charge on any atom is 0.353 e. The lowest BCUT2D eigenvalue weighted by atomic mass is 10.2. The van der Waals surface area contributed by atoms with Crippen LogP contribution in [0.2, 0.25) is 0 Å². The van der Waals surface area contributed by atoms with Crippen molar-refractivity contribution in [3.63, 3.8) is 0 Å². The van der Waals surface area contributed by atoms with Gasteiger partial charge in [0.15, 0.2) is 0 Å². The minimum Gasteiger partial charge on any atom is -0.349 e. The fourth-order valence-electron chi connectivity index (χ4n) is 3.40. The quantitative estimate of drug-likeness (QED) is 0.351. The summed E-state index contributed by atoms with van der Waals surface area (Å²) in [4.78, 5) is 21.4. The van der Waals surface area contributed by atoms with Crippen LogP contribution in [0.1, 0.15) is 19.4 Å². The van der Waals surface area contributed by atoms with Crippen LogP contribution >= 0.6 is 0 Å². The summed E-state index contributed by atoms with van der Waals surface area (Å²) in [7, 11) is -1.87. The lowest BCUT2D eigenvalue weighted by Gasteiger charge is -2.19. The van der Waals surface area contributed by atoms with E-state index in [1.54, 1.807) is 37.9 Å². The molecule has 1 N–H and O–H groups in total. The zero-order valence-electron chi connectivity index (χ0n) is 18.7. The highest BCUT2D eigenvalue weighted by atomic mass is 32.2. The first-order chi connectivity index (χ1) is 15.8. The Morgan fingerprint density at radius 3 is 2.21 bits per heavy atom. The van der Waals surface area contributed by atoms with Gasteiger partial charge < -0.3 is 10.2 Å². The van der Waals surface area contributed by atoms with Gasteiger partial charge >= 0.3 is 5.69 Å². The summed E-state index contributed by atoms with van der Waals surface area (Å²) in [6, 6.07) is 15.6. The Morgan fingerprint density at radius 1 is 1.00 bits per heavy atom. The molecule has 0 unspecified atom stereocenters. The van der Waals surface area contributed by atoms with Gasteiger partial charge in [-0.05, 0) is 29.8 Å². The van der Waals surface area contributed by atoms with Crippen molar-refractivity contribution < 1.29 is 13.3 Å². The third-order valence-electron chi connectivity index (χ3n) is 5.07. The van der Waals surface area contributed by atoms with Crippen LogP contribution in [0.15, 0.2) is 65.8 Å². The predicted octanol–water partition coefficient (Wildman–Crippen LogP) is 3.80. The molecule has 0 bridgehead atoms. The summed E-state index contributed by atoms with van der Waals surface area (Å²) >= 11 is 0. The van der Waals surface area contributed by atoms with Gasteiger partial charge in [0.1, 0.15) is 6.33 Å². The van der Waals surface area contributed by atoms with Crippen LogP contribution in [0.3, 0.4) is 0 Å². The molecule has 0 saturated carbocycles. The molecule has 0 aliphatic heterocycles. The summed E-state index contributed by atoms with van der Waals surface area (Å²) in [6.45, 7) is 4.71. The molecule has 0 aliphatic rings. The molecule has 0 atom stereocenters. The Bertz CT molecular complexity index is 1200. The summed E-state index contributed by atoms with van der Waals surface area (Å²) in [5, 5.41) is 14.8. The molecular formula is C22H26N6O4S. The molecule has 0 amide bonds. The highest BCUT2D eigenvalue weighted by Gasteiger charge is 2.26. The second-order valence-electron chi connectivity index (χ2n) is 7.23. The number of sulfonamides is 1. The summed E-state index contributed by atoms with van der Waals surface area (Å²) in [5.74, 6) is 0.186. The Labute approximate surface area is 193 Å². The number of benzene rings is 2. The average Bonchev–Trinajstić information content (AvgIpc) is 2.80. The number of nitrogens with one attached hydrogen (secondary N) is 1. The van der Waals surface area contributed by atoms with Crippen molar-refractivity contribution in [2.75, 3.05) is 30.4 Å². The molecule has 10 nitrogen and oxygen atoms in total. The molecule has 3 rings (SSSR count). The number of aromatic nitrogens is 2. The van der Waals surface area contributed by atoms with Crippen molar-refractivity contribution in [1.82, 2.24) is 14.3 Å². The maximum atomic E-state index is 12.7. The molecule has 174 valence electrons. The van der Waals surface area contributed by atoms with Gasteiger partial charge in [-0.1, -0.05) is 44.2 Å². The minimum absolute atomic E-state index is 0.0178. The maximum absolute atomic E-state index is 12.7. The second-order valence-corrected chi connectivity index (χ2v) is 9.17. The normalized spacial score (nSPS) is 11.4. The fourth-order valence-corrected chi connectivity index (χ4v) is 4.86. The van der Waals surface area contributed by atoms with E-state index < -0.39 is 14.9 Å². The van der Waals surface area contributed by atoms with Crippen LogP contribution in [-0.4, -0.2) is 47.8 Å². The first-order valence-electron chi connectivity index (χ1n) is 10.4. The molecule has 0 spiro atoms. The Kier molecular flexibility index (Phi) is 7.56. The molecule has 11 heteroatoms. The summed E-state index contributed by atoms with van der Waals surface area (Å²) in [6.07, 6.45) is 1.26. The number of hydrogen-bond acceptors (Lipinski definition) is 8. The van der Waals surface area contributed by atoms with Crippen LogP contribution < -0.4 is 10.2 Å². The zero-order chi connectivity index (χ0) is 24.0. The van der Waals surface area contributed by atoms with Gasteiger partial charge in [-0.15, -0.1) is 0 Å². The molecule has 0 saturated heterocycles. The van der Waals surface area contributed by atoms with Crippen LogP contribution in [-0.2, 0) is 16.6 Å². The Balaban J connectivity index is 1.88. The number of hydrogen-bond donors (Lipinski definition) is 1. The first-order valence-corrected chi connectivity index (χ1v) is 11.8. The topological polar surface area (TPSA) is 122 Å². The predicted molar refractivity (Wildman–Crippen MR) is 127 cm³/mol. The van der Waals surface area contributed by atoms with Crippen molar-refractivity contribution in [2.24, 2.45) is 0 Å². The van der Waals surface area contributed by atoms with Gasteiger partial charge in [0, 0.05) is 32.4 Å². The highest BCUT2D eigenvalue weighted by Crippen LogP contribution is 2.33. The average molecular weight is 471 g/mol. The molecule has 0 aliphatic carbocycles. The van der Waals surface area contributed by atoms with E-state index in [-0.39, 0.29) is 22.2 Å². The van der Waals surface area contributed by atoms with Crippen LogP contribution in [0.25, 0.3) is 0 Å². The standard InChI is InChI=1S/C22H26N6O4S/c1-4-27(5-2)33(31,32)19-13-11-18(12-14-19)25-21-20(28(29)30)22(24-16-23-21)26(3)15-17-9-7-6-8-10-17/h6-14,16H,4-5,15H2,1-3H3,(H,23,24,25). The fraction of sp³-hybridized carbons (Fsp3) is 0.273. The van der Waals surface area contributed by atoms with E-state index in [1.165, 1.54) is 22.8 Å². The van der Waals surface area contributed by atoms with Crippen molar-refractivity contribution in [2.45, 2.75) is 25.3 Å². The number of nitrogens with zero attached hydrogens (tertiary/aromatic N) is 5. The molecule has 1 aromatic heterocycles. The van der Waals surface area contributed by atoms with Crippen molar-refractivity contribution >= 4 is 33.0 Å². The van der Waals surface area contributed by atoms with Gasteiger partial charge in [0.25, 0.3) is 0 Å². The molecule has 33 heavy (non-hydrogen) atoms. The lowest BCUT2D eigenvalue weighted by Crippen LogP contribution is -2.30. The van der Waals surface area contributed by atoms with E-state index in [1.807, 2.05) is 30.3 Å². The van der Waals surface area contributed by atoms with Gasteiger partial charge in [-0.25, -0.2) is 18.4 Å². The third-order valence-corrected chi connectivity index (χ3v) is 7.13. The third kappa shape index (κ3) is 5.44. The minimum atomic E-state index is -3.60. The molecule has 1 heterocycles. The monoisotopic (exact) mass is 470 g/mol. The smallest absolute Gasteiger partial charge is 0.349 e. The number of nitro groups is 1. The van der Waals surface area contributed by atoms with Gasteiger partial charge in [0.2, 0.25) is 21.7 Å². The van der Waals surface area contributed by atoms with Crippen molar-refractivity contribution in [3.8, 4) is 0 Å². The summed E-state index contributed by atoms with van der Waals surface area (Å²) in [5.41, 5.74) is 1.18. The number of rotatable bonds is 10. The van der Waals surface area contributed by atoms with E-state index >= 15 is 0 Å². The molecule has 2 aromatic carbocycles. The molecule has 0 radical (unpaired) electrons. The van der Waals surface area contributed by atoms with Crippen LogP contribution in [0, 0.1) is 10.1 Å². The second kappa shape index (κ2) is 10.4. The number of anilines is 3. The van der Waals surface area contributed by atoms with Gasteiger partial charge in [0.05, 0.1) is 9.82 Å². The van der Waals surface area contributed by atoms with E-state index in [0.717, 1.165) is 5.56 Å². The Hall–Kier alpha value is -3.57. The molecule has 0 fully saturated rings. The zero-order valence-corrected chi connectivity index (χ0v) is 19.5. The summed E-state index contributed by atoms with van der Waals surface area (Å²) < 4.78 is 26.7. The first kappa shape index (κ1) is 24.1. The van der Waals surface area contributed by atoms with Crippen LogP contribution in [0.5, 0.6) is 0 Å². The van der Waals surface area contributed by atoms with Crippen molar-refractivity contribution in [1.29, 1.82) is 0 Å². The lowest BCUT2D eigenvalue weighted by molar-refractivity contribution is -0.383. The van der Waals surface area contributed by atoms with Crippen molar-refractivity contribution in [3.05, 3.63) is 76.6 Å². The highest BCUT2D eigenvalue weighted by molar-refractivity contribution is 7.89. The SMILES string of the molecule is CCN(CC)S(=O)(=O)c1ccc(Nc2ncnc(N(C)Cc3ccccc3)c2[N+](=O)[O-])cc1. The Morgan fingerprint density at radius 2 is 1.64 bits per heavy atom. The van der Waals surface area contributed by atoms with E-state index in [0.29, 0.717) is 25.3 Å². The van der Waals surface area contributed by atoms with Gasteiger partial charge in [-0.2, -0.15) is 4.31 Å². The van der Waals surface area contributed by atoms with E-state index in [4.69, 9.17) is 0 Å². The van der Waals surface area contributed by atoms with Gasteiger partial charge in [-0.3, -0.25) is 10.1 Å².